The Hall–Kier alpha value is -1.86. The molecular weight excluding hydrogens is 419 g/mol. The monoisotopic (exact) mass is 438 g/mol. The van der Waals surface area contributed by atoms with E-state index < -0.39 is 0 Å². The first-order valence-corrected chi connectivity index (χ1v) is 10.2. The van der Waals surface area contributed by atoms with E-state index >= 15 is 0 Å². The molecule has 1 atom stereocenters. The van der Waals surface area contributed by atoms with Gasteiger partial charge in [0.2, 0.25) is 0 Å². The van der Waals surface area contributed by atoms with Gasteiger partial charge in [-0.05, 0) is 55.6 Å². The molecule has 3 heterocycles. The number of fused-ring (bicyclic) bond motifs is 1. The van der Waals surface area contributed by atoms with Crippen molar-refractivity contribution in [3.05, 3.63) is 67.7 Å². The topological polar surface area (TPSA) is 62.6 Å². The fourth-order valence-electron chi connectivity index (χ4n) is 3.46. The first-order valence-electron chi connectivity index (χ1n) is 8.91. The molecule has 0 spiro atoms. The summed E-state index contributed by atoms with van der Waals surface area (Å²) >= 11 is 7.62. The van der Waals surface area contributed by atoms with Crippen LogP contribution in [0.4, 0.5) is 0 Å². The number of carbonyl (C=O) groups excluding carboxylic acids is 1. The molecule has 1 fully saturated rings. The number of likely N-dealkylation sites (tertiary alicyclic amines) is 1. The number of thiophene rings is 1. The van der Waals surface area contributed by atoms with Crippen molar-refractivity contribution in [3.63, 3.8) is 0 Å². The van der Waals surface area contributed by atoms with Crippen LogP contribution in [0.25, 0.3) is 11.0 Å². The average molecular weight is 439 g/mol. The molecule has 1 aliphatic rings. The van der Waals surface area contributed by atoms with Crippen molar-refractivity contribution in [2.45, 2.75) is 18.9 Å². The van der Waals surface area contributed by atoms with Crippen molar-refractivity contribution in [1.82, 2.24) is 10.2 Å². The predicted octanol–water partition coefficient (Wildman–Crippen LogP) is 4.50. The smallest absolute Gasteiger partial charge is 0.287 e. The van der Waals surface area contributed by atoms with E-state index in [0.717, 1.165) is 13.1 Å². The Morgan fingerprint density at radius 1 is 1.25 bits per heavy atom. The van der Waals surface area contributed by atoms with Crippen LogP contribution < -0.4 is 10.7 Å². The first-order chi connectivity index (χ1) is 13.1. The fourth-order valence-corrected chi connectivity index (χ4v) is 4.49. The molecule has 0 aliphatic carbocycles. The van der Waals surface area contributed by atoms with E-state index in [4.69, 9.17) is 16.0 Å². The molecule has 1 saturated heterocycles. The number of amides is 1. The van der Waals surface area contributed by atoms with E-state index in [1.54, 1.807) is 29.5 Å². The molecule has 1 N–H and O–H groups in total. The minimum atomic E-state index is -0.385. The van der Waals surface area contributed by atoms with E-state index in [2.05, 4.69) is 16.3 Å². The second kappa shape index (κ2) is 9.09. The molecule has 148 valence electrons. The van der Waals surface area contributed by atoms with Gasteiger partial charge in [-0.15, -0.1) is 23.7 Å². The quantitative estimate of drug-likeness (QED) is 0.636. The molecule has 0 radical (unpaired) electrons. The fraction of sp³-hybridized carbons (Fsp3) is 0.300. The van der Waals surface area contributed by atoms with Crippen LogP contribution in [0.15, 0.2) is 51.0 Å². The summed E-state index contributed by atoms with van der Waals surface area (Å²) in [4.78, 5) is 28.5. The maximum absolute atomic E-state index is 12.6. The van der Waals surface area contributed by atoms with Crippen LogP contribution in [0.2, 0.25) is 5.02 Å². The van der Waals surface area contributed by atoms with Crippen LogP contribution in [0.5, 0.6) is 0 Å². The van der Waals surface area contributed by atoms with Crippen LogP contribution in [-0.4, -0.2) is 30.4 Å². The van der Waals surface area contributed by atoms with Crippen molar-refractivity contribution in [2.75, 3.05) is 19.6 Å². The summed E-state index contributed by atoms with van der Waals surface area (Å²) in [5.74, 6) is -0.370. The van der Waals surface area contributed by atoms with Crippen molar-refractivity contribution in [1.29, 1.82) is 0 Å². The van der Waals surface area contributed by atoms with Gasteiger partial charge in [0.25, 0.3) is 5.91 Å². The molecule has 2 aromatic heterocycles. The van der Waals surface area contributed by atoms with Crippen LogP contribution in [-0.2, 0) is 0 Å². The van der Waals surface area contributed by atoms with Crippen molar-refractivity contribution in [2.24, 2.45) is 0 Å². The normalized spacial score (nSPS) is 15.3. The SMILES string of the molecule is Cl.O=C(NCC(c1cccs1)N1CCCC1)c1cc(=O)c2cc(Cl)ccc2o1. The van der Waals surface area contributed by atoms with Gasteiger partial charge in [0, 0.05) is 22.5 Å². The molecular formula is C20H20Cl2N2O3S. The Labute approximate surface area is 177 Å². The third-order valence-corrected chi connectivity index (χ3v) is 6.03. The lowest BCUT2D eigenvalue weighted by molar-refractivity contribution is 0.0911. The molecule has 5 nitrogen and oxygen atoms in total. The minimum Gasteiger partial charge on any atom is -0.451 e. The number of hydrogen-bond donors (Lipinski definition) is 1. The number of carbonyl (C=O) groups is 1. The summed E-state index contributed by atoms with van der Waals surface area (Å²) in [7, 11) is 0. The molecule has 28 heavy (non-hydrogen) atoms. The van der Waals surface area contributed by atoms with Crippen LogP contribution in [0.1, 0.15) is 34.3 Å². The zero-order valence-electron chi connectivity index (χ0n) is 15.0. The molecule has 4 rings (SSSR count). The lowest BCUT2D eigenvalue weighted by Crippen LogP contribution is -2.36. The highest BCUT2D eigenvalue weighted by molar-refractivity contribution is 7.10. The molecule has 1 unspecified atom stereocenters. The molecule has 8 heteroatoms. The van der Waals surface area contributed by atoms with Crippen LogP contribution in [0.3, 0.4) is 0 Å². The second-order valence-corrected chi connectivity index (χ2v) is 8.02. The number of nitrogens with zero attached hydrogens (tertiary/aromatic N) is 1. The Kier molecular flexibility index (Phi) is 6.78. The van der Waals surface area contributed by atoms with Crippen molar-refractivity contribution < 1.29 is 9.21 Å². The lowest BCUT2D eigenvalue weighted by atomic mass is 10.2. The molecule has 1 aliphatic heterocycles. The summed E-state index contributed by atoms with van der Waals surface area (Å²) in [5, 5.41) is 5.81. The summed E-state index contributed by atoms with van der Waals surface area (Å²) in [5.41, 5.74) is 0.0737. The zero-order chi connectivity index (χ0) is 18.8. The summed E-state index contributed by atoms with van der Waals surface area (Å²) in [6.07, 6.45) is 2.36. The Morgan fingerprint density at radius 3 is 2.75 bits per heavy atom. The number of nitrogens with one attached hydrogen (secondary N) is 1. The highest BCUT2D eigenvalue weighted by Gasteiger charge is 2.25. The minimum absolute atomic E-state index is 0. The van der Waals surface area contributed by atoms with Gasteiger partial charge in [-0.1, -0.05) is 17.7 Å². The average Bonchev–Trinajstić information content (AvgIpc) is 3.36. The van der Waals surface area contributed by atoms with E-state index in [-0.39, 0.29) is 35.5 Å². The summed E-state index contributed by atoms with van der Waals surface area (Å²) in [6.45, 7) is 2.54. The Bertz CT molecular complexity index is 1010. The van der Waals surface area contributed by atoms with Gasteiger partial charge in [-0.3, -0.25) is 14.5 Å². The number of hydrogen-bond acceptors (Lipinski definition) is 5. The summed E-state index contributed by atoms with van der Waals surface area (Å²) < 4.78 is 5.63. The van der Waals surface area contributed by atoms with Gasteiger partial charge in [0.15, 0.2) is 11.2 Å². The van der Waals surface area contributed by atoms with Crippen molar-refractivity contribution >= 4 is 52.2 Å². The van der Waals surface area contributed by atoms with Crippen LogP contribution in [0, 0.1) is 0 Å². The molecule has 1 amide bonds. The molecule has 0 bridgehead atoms. The van der Waals surface area contributed by atoms with Gasteiger partial charge >= 0.3 is 0 Å². The number of rotatable bonds is 5. The zero-order valence-corrected chi connectivity index (χ0v) is 17.4. The number of halogens is 2. The predicted molar refractivity (Wildman–Crippen MR) is 115 cm³/mol. The van der Waals surface area contributed by atoms with Gasteiger partial charge in [-0.25, -0.2) is 0 Å². The van der Waals surface area contributed by atoms with Crippen LogP contribution >= 0.6 is 35.3 Å². The highest BCUT2D eigenvalue weighted by Crippen LogP contribution is 2.28. The number of benzene rings is 1. The van der Waals surface area contributed by atoms with Gasteiger partial charge in [-0.2, -0.15) is 0 Å². The summed E-state index contributed by atoms with van der Waals surface area (Å²) in [6, 6.07) is 10.3. The third kappa shape index (κ3) is 4.41. The largest absolute Gasteiger partial charge is 0.451 e. The lowest BCUT2D eigenvalue weighted by Gasteiger charge is -2.26. The highest BCUT2D eigenvalue weighted by atomic mass is 35.5. The molecule has 3 aromatic rings. The first kappa shape index (κ1) is 20.9. The molecule has 1 aromatic carbocycles. The van der Waals surface area contributed by atoms with Gasteiger partial charge < -0.3 is 9.73 Å². The Morgan fingerprint density at radius 2 is 2.04 bits per heavy atom. The van der Waals surface area contributed by atoms with Gasteiger partial charge in [0.05, 0.1) is 11.4 Å². The van der Waals surface area contributed by atoms with E-state index in [1.807, 2.05) is 11.4 Å². The standard InChI is InChI=1S/C20H19ClN2O3S.ClH/c21-13-5-6-17-14(10-13)16(24)11-18(26-17)20(25)22-12-15(19-4-3-9-27-19)23-7-1-2-8-23;/h3-6,9-11,15H,1-2,7-8,12H2,(H,22,25);1H. The van der Waals surface area contributed by atoms with Gasteiger partial charge in [0.1, 0.15) is 5.58 Å². The Balaban J connectivity index is 0.00000225. The van der Waals surface area contributed by atoms with E-state index in [0.29, 0.717) is 22.5 Å². The molecule has 0 saturated carbocycles. The van der Waals surface area contributed by atoms with Crippen molar-refractivity contribution in [3.8, 4) is 0 Å². The van der Waals surface area contributed by atoms with E-state index in [9.17, 15) is 9.59 Å². The maximum Gasteiger partial charge on any atom is 0.287 e. The maximum atomic E-state index is 12.6. The third-order valence-electron chi connectivity index (χ3n) is 4.82. The van der Waals surface area contributed by atoms with E-state index in [1.165, 1.54) is 23.8 Å². The second-order valence-electron chi connectivity index (χ2n) is 6.60.